The van der Waals surface area contributed by atoms with Crippen LogP contribution in [-0.4, -0.2) is 44.0 Å². The van der Waals surface area contributed by atoms with Crippen molar-refractivity contribution in [2.24, 2.45) is 11.8 Å². The Kier molecular flexibility index (Phi) is 7.50. The predicted molar refractivity (Wildman–Crippen MR) is 73.3 cm³/mol. The van der Waals surface area contributed by atoms with Crippen LogP contribution in [0.25, 0.3) is 0 Å². The number of rotatable bonds is 7. The molecule has 16 heavy (non-hydrogen) atoms. The van der Waals surface area contributed by atoms with Gasteiger partial charge in [-0.25, -0.2) is 0 Å². The van der Waals surface area contributed by atoms with E-state index in [1.54, 1.807) is 0 Å². The molecule has 1 aliphatic heterocycles. The van der Waals surface area contributed by atoms with E-state index in [-0.39, 0.29) is 0 Å². The third-order valence-electron chi connectivity index (χ3n) is 3.44. The molecule has 0 bridgehead atoms. The van der Waals surface area contributed by atoms with E-state index in [9.17, 15) is 0 Å². The highest BCUT2D eigenvalue weighted by Crippen LogP contribution is 2.17. The largest absolute Gasteiger partial charge is 0.381 e. The second-order valence-electron chi connectivity index (χ2n) is 5.11. The Hall–Kier alpha value is 0.270. The monoisotopic (exact) mass is 245 g/mol. The maximum Gasteiger partial charge on any atom is 0.0469 e. The van der Waals surface area contributed by atoms with E-state index >= 15 is 0 Å². The summed E-state index contributed by atoms with van der Waals surface area (Å²) < 4.78 is 5.39. The summed E-state index contributed by atoms with van der Waals surface area (Å²) in [5.41, 5.74) is 0. The van der Waals surface area contributed by atoms with Crippen molar-refractivity contribution in [3.63, 3.8) is 0 Å². The molecule has 0 aliphatic carbocycles. The molecule has 1 heterocycles. The third kappa shape index (κ3) is 5.55. The fraction of sp³-hybridized carbons (Fsp3) is 1.00. The molecule has 1 unspecified atom stereocenters. The average Bonchev–Trinajstić information content (AvgIpc) is 2.29. The van der Waals surface area contributed by atoms with Crippen molar-refractivity contribution >= 4 is 12.6 Å². The van der Waals surface area contributed by atoms with Crippen molar-refractivity contribution in [1.29, 1.82) is 0 Å². The maximum atomic E-state index is 5.39. The Morgan fingerprint density at radius 1 is 1.38 bits per heavy atom. The van der Waals surface area contributed by atoms with Crippen molar-refractivity contribution in [3.8, 4) is 0 Å². The van der Waals surface area contributed by atoms with Gasteiger partial charge in [0.25, 0.3) is 0 Å². The van der Waals surface area contributed by atoms with E-state index in [4.69, 9.17) is 4.74 Å². The van der Waals surface area contributed by atoms with Crippen LogP contribution in [-0.2, 0) is 4.74 Å². The van der Waals surface area contributed by atoms with Crippen LogP contribution in [0.15, 0.2) is 0 Å². The van der Waals surface area contributed by atoms with Crippen LogP contribution in [0, 0.1) is 11.8 Å². The molecule has 3 heteroatoms. The summed E-state index contributed by atoms with van der Waals surface area (Å²) >= 11 is 4.44. The van der Waals surface area contributed by atoms with Gasteiger partial charge in [-0.1, -0.05) is 13.3 Å². The summed E-state index contributed by atoms with van der Waals surface area (Å²) in [6.07, 6.45) is 5.06. The molecule has 0 aromatic rings. The van der Waals surface area contributed by atoms with Crippen LogP contribution in [0.4, 0.5) is 0 Å². The number of ether oxygens (including phenoxy) is 1. The topological polar surface area (TPSA) is 12.5 Å². The van der Waals surface area contributed by atoms with E-state index in [1.165, 1.54) is 38.8 Å². The molecule has 0 radical (unpaired) electrons. The van der Waals surface area contributed by atoms with Crippen LogP contribution in [0.3, 0.4) is 0 Å². The average molecular weight is 245 g/mol. The first-order chi connectivity index (χ1) is 7.76. The van der Waals surface area contributed by atoms with Crippen molar-refractivity contribution in [1.82, 2.24) is 4.90 Å². The summed E-state index contributed by atoms with van der Waals surface area (Å²) in [6, 6.07) is 0. The van der Waals surface area contributed by atoms with Crippen LogP contribution in [0.2, 0.25) is 0 Å². The zero-order chi connectivity index (χ0) is 11.8. The lowest BCUT2D eigenvalue weighted by Gasteiger charge is -2.29. The lowest BCUT2D eigenvalue weighted by molar-refractivity contribution is 0.0542. The number of hydrogen-bond acceptors (Lipinski definition) is 3. The Morgan fingerprint density at radius 2 is 2.06 bits per heavy atom. The molecule has 0 spiro atoms. The van der Waals surface area contributed by atoms with Crippen LogP contribution < -0.4 is 0 Å². The van der Waals surface area contributed by atoms with Gasteiger partial charge in [-0.05, 0) is 43.9 Å². The molecule has 1 saturated heterocycles. The van der Waals surface area contributed by atoms with Gasteiger partial charge in [0.15, 0.2) is 0 Å². The zero-order valence-corrected chi connectivity index (χ0v) is 11.7. The minimum absolute atomic E-state index is 0.762. The summed E-state index contributed by atoms with van der Waals surface area (Å²) in [7, 11) is 2.25. The van der Waals surface area contributed by atoms with Crippen molar-refractivity contribution in [2.75, 3.05) is 39.1 Å². The van der Waals surface area contributed by atoms with Gasteiger partial charge < -0.3 is 9.64 Å². The Balaban J connectivity index is 2.19. The van der Waals surface area contributed by atoms with Gasteiger partial charge in [0.1, 0.15) is 0 Å². The second-order valence-corrected chi connectivity index (χ2v) is 5.48. The third-order valence-corrected chi connectivity index (χ3v) is 3.95. The molecule has 96 valence electrons. The highest BCUT2D eigenvalue weighted by Gasteiger charge is 2.17. The van der Waals surface area contributed by atoms with Crippen LogP contribution in [0.5, 0.6) is 0 Å². The van der Waals surface area contributed by atoms with Gasteiger partial charge in [0, 0.05) is 26.3 Å². The molecule has 2 nitrogen and oxygen atoms in total. The van der Waals surface area contributed by atoms with Gasteiger partial charge in [0.05, 0.1) is 0 Å². The van der Waals surface area contributed by atoms with E-state index in [2.05, 4.69) is 31.5 Å². The Labute approximate surface area is 106 Å². The fourth-order valence-electron chi connectivity index (χ4n) is 2.53. The Bertz CT molecular complexity index is 165. The van der Waals surface area contributed by atoms with Crippen molar-refractivity contribution < 1.29 is 4.74 Å². The number of hydrogen-bond donors (Lipinski definition) is 1. The molecule has 0 saturated carbocycles. The van der Waals surface area contributed by atoms with Crippen LogP contribution in [0.1, 0.15) is 32.6 Å². The highest BCUT2D eigenvalue weighted by molar-refractivity contribution is 7.80. The molecule has 1 aliphatic rings. The first-order valence-electron chi connectivity index (χ1n) is 6.63. The molecule has 0 amide bonds. The van der Waals surface area contributed by atoms with Crippen LogP contribution >= 0.6 is 12.6 Å². The minimum atomic E-state index is 0.762. The molecule has 0 N–H and O–H groups in total. The minimum Gasteiger partial charge on any atom is -0.381 e. The lowest BCUT2D eigenvalue weighted by Crippen LogP contribution is -2.33. The molecule has 0 aromatic carbocycles. The smallest absolute Gasteiger partial charge is 0.0469 e. The summed E-state index contributed by atoms with van der Waals surface area (Å²) in [6.45, 7) is 6.62. The number of nitrogens with zero attached hydrogens (tertiary/aromatic N) is 1. The molecule has 1 fully saturated rings. The van der Waals surface area contributed by atoms with E-state index in [0.29, 0.717) is 0 Å². The summed E-state index contributed by atoms with van der Waals surface area (Å²) in [5, 5.41) is 0. The van der Waals surface area contributed by atoms with Gasteiger partial charge in [0.2, 0.25) is 0 Å². The summed E-state index contributed by atoms with van der Waals surface area (Å²) in [4.78, 5) is 2.49. The summed E-state index contributed by atoms with van der Waals surface area (Å²) in [5.74, 6) is 2.63. The number of thiol groups is 1. The molecular formula is C13H27NOS. The lowest BCUT2D eigenvalue weighted by atomic mass is 9.99. The molecule has 1 rings (SSSR count). The van der Waals surface area contributed by atoms with E-state index < -0.39 is 0 Å². The van der Waals surface area contributed by atoms with Gasteiger partial charge in [-0.3, -0.25) is 0 Å². The van der Waals surface area contributed by atoms with Crippen molar-refractivity contribution in [2.45, 2.75) is 32.6 Å². The standard InChI is InChI=1S/C13H27NOS/c1-3-4-13(11-16)10-14(2)9-12-5-7-15-8-6-12/h12-13,16H,3-11H2,1-2H3. The fourth-order valence-corrected chi connectivity index (χ4v) is 2.83. The quantitative estimate of drug-likeness (QED) is 0.692. The predicted octanol–water partition coefficient (Wildman–Crippen LogP) is 2.69. The van der Waals surface area contributed by atoms with Gasteiger partial charge in [-0.2, -0.15) is 12.6 Å². The maximum absolute atomic E-state index is 5.39. The van der Waals surface area contributed by atoms with Gasteiger partial charge in [-0.15, -0.1) is 0 Å². The first kappa shape index (κ1) is 14.3. The molecular weight excluding hydrogens is 218 g/mol. The molecule has 1 atom stereocenters. The molecule has 0 aromatic heterocycles. The second kappa shape index (κ2) is 8.37. The van der Waals surface area contributed by atoms with Gasteiger partial charge >= 0.3 is 0 Å². The normalized spacial score (nSPS) is 20.2. The first-order valence-corrected chi connectivity index (χ1v) is 7.26. The Morgan fingerprint density at radius 3 is 2.62 bits per heavy atom. The zero-order valence-electron chi connectivity index (χ0n) is 10.8. The highest BCUT2D eigenvalue weighted by atomic mass is 32.1. The van der Waals surface area contributed by atoms with E-state index in [1.807, 2.05) is 0 Å². The van der Waals surface area contributed by atoms with Crippen molar-refractivity contribution in [3.05, 3.63) is 0 Å². The SMILES string of the molecule is CCCC(CS)CN(C)CC1CCOCC1. The van der Waals surface area contributed by atoms with E-state index in [0.717, 1.165) is 30.8 Å².